The summed E-state index contributed by atoms with van der Waals surface area (Å²) in [5, 5.41) is 3.42. The summed E-state index contributed by atoms with van der Waals surface area (Å²) in [6, 6.07) is 11.0. The van der Waals surface area contributed by atoms with E-state index in [4.69, 9.17) is 14.2 Å². The second-order valence-corrected chi connectivity index (χ2v) is 10.2. The smallest absolute Gasteiger partial charge is 0.265 e. The van der Waals surface area contributed by atoms with Gasteiger partial charge in [0.15, 0.2) is 0 Å². The van der Waals surface area contributed by atoms with Crippen molar-refractivity contribution in [3.05, 3.63) is 48.0 Å². The number of carbonyl (C=O) groups excluding carboxylic acids is 1. The van der Waals surface area contributed by atoms with Crippen molar-refractivity contribution in [1.82, 2.24) is 10.2 Å². The number of nitrogens with one attached hydrogen (secondary N) is 2. The lowest BCUT2D eigenvalue weighted by Gasteiger charge is -2.30. The van der Waals surface area contributed by atoms with Gasteiger partial charge in [0.05, 0.1) is 24.5 Å². The van der Waals surface area contributed by atoms with Crippen LogP contribution in [0, 0.1) is 5.92 Å². The summed E-state index contributed by atoms with van der Waals surface area (Å²) in [7, 11) is 0.842. The van der Waals surface area contributed by atoms with E-state index in [9.17, 15) is 13.2 Å². The summed E-state index contributed by atoms with van der Waals surface area (Å²) in [5.41, 5.74) is 0.620. The number of benzene rings is 2. The maximum absolute atomic E-state index is 13.2. The fourth-order valence-corrected chi connectivity index (χ4v) is 4.99. The van der Waals surface area contributed by atoms with Crippen LogP contribution in [0.1, 0.15) is 24.2 Å². The first-order valence-corrected chi connectivity index (χ1v) is 12.6. The standard InChI is InChI=1S/C24H33N3O6S/c1-16-13-25-17(2)15-33-21-12-18(10-11-19(21)24(28)27(3)14-22(16)32-5)26-34(29,30)23-9-7-6-8-20(23)31-4/h6-12,16-17,22,25-26H,13-15H2,1-5H3/t16-,17+,22-/m1/s1. The van der Waals surface area contributed by atoms with Gasteiger partial charge in [-0.2, -0.15) is 0 Å². The van der Waals surface area contributed by atoms with Crippen molar-refractivity contribution in [3.8, 4) is 11.5 Å². The van der Waals surface area contributed by atoms with E-state index in [1.165, 1.54) is 19.2 Å². The molecule has 1 amide bonds. The van der Waals surface area contributed by atoms with Crippen molar-refractivity contribution < 1.29 is 27.4 Å². The predicted molar refractivity (Wildman–Crippen MR) is 130 cm³/mol. The lowest BCUT2D eigenvalue weighted by molar-refractivity contribution is 0.0281. The third kappa shape index (κ3) is 5.99. The van der Waals surface area contributed by atoms with E-state index >= 15 is 0 Å². The first-order chi connectivity index (χ1) is 16.2. The number of rotatable bonds is 5. The Labute approximate surface area is 201 Å². The molecule has 0 saturated heterocycles. The second-order valence-electron chi connectivity index (χ2n) is 8.52. The van der Waals surface area contributed by atoms with Gasteiger partial charge in [-0.15, -0.1) is 0 Å². The van der Waals surface area contributed by atoms with Gasteiger partial charge in [0, 0.05) is 39.4 Å². The number of likely N-dealkylation sites (N-methyl/N-ethyl adjacent to an activating group) is 1. The molecule has 1 heterocycles. The minimum absolute atomic E-state index is 0.00833. The number of carbonyl (C=O) groups is 1. The van der Waals surface area contributed by atoms with Gasteiger partial charge in [0.1, 0.15) is 23.0 Å². The van der Waals surface area contributed by atoms with Crippen molar-refractivity contribution in [1.29, 1.82) is 0 Å². The largest absolute Gasteiger partial charge is 0.495 e. The summed E-state index contributed by atoms with van der Waals surface area (Å²) in [5.74, 6) is 0.488. The minimum Gasteiger partial charge on any atom is -0.495 e. The van der Waals surface area contributed by atoms with E-state index in [0.29, 0.717) is 31.0 Å². The van der Waals surface area contributed by atoms with Crippen molar-refractivity contribution in [3.63, 3.8) is 0 Å². The highest BCUT2D eigenvalue weighted by Crippen LogP contribution is 2.29. The molecule has 0 aliphatic carbocycles. The molecule has 0 radical (unpaired) electrons. The zero-order valence-electron chi connectivity index (χ0n) is 20.2. The summed E-state index contributed by atoms with van der Waals surface area (Å²) < 4.78 is 45.4. The van der Waals surface area contributed by atoms with Gasteiger partial charge in [-0.25, -0.2) is 8.42 Å². The van der Waals surface area contributed by atoms with Crippen LogP contribution < -0.4 is 19.5 Å². The number of nitrogens with zero attached hydrogens (tertiary/aromatic N) is 1. The SMILES string of the molecule is COc1ccccc1S(=O)(=O)Nc1ccc2c(c1)OC[C@H](C)NC[C@@H](C)[C@H](OC)CN(C)C2=O. The molecule has 0 saturated carbocycles. The molecule has 2 aromatic carbocycles. The summed E-state index contributed by atoms with van der Waals surface area (Å²) >= 11 is 0. The maximum atomic E-state index is 13.2. The second kappa shape index (κ2) is 11.1. The van der Waals surface area contributed by atoms with Crippen LogP contribution in [-0.4, -0.2) is 72.3 Å². The molecule has 10 heteroatoms. The zero-order chi connectivity index (χ0) is 24.9. The topological polar surface area (TPSA) is 106 Å². The van der Waals surface area contributed by atoms with Gasteiger partial charge in [0.25, 0.3) is 15.9 Å². The van der Waals surface area contributed by atoms with Crippen LogP contribution in [-0.2, 0) is 14.8 Å². The average Bonchev–Trinajstić information content (AvgIpc) is 2.83. The molecule has 186 valence electrons. The molecule has 0 unspecified atom stereocenters. The molecule has 9 nitrogen and oxygen atoms in total. The Morgan fingerprint density at radius 3 is 2.59 bits per heavy atom. The monoisotopic (exact) mass is 491 g/mol. The molecule has 1 aliphatic heterocycles. The van der Waals surface area contributed by atoms with Crippen molar-refractivity contribution in [2.45, 2.75) is 30.9 Å². The number of hydrogen-bond donors (Lipinski definition) is 2. The van der Waals surface area contributed by atoms with E-state index in [0.717, 1.165) is 0 Å². The molecule has 3 rings (SSSR count). The maximum Gasteiger partial charge on any atom is 0.265 e. The Hall–Kier alpha value is -2.82. The molecule has 34 heavy (non-hydrogen) atoms. The van der Waals surface area contributed by atoms with Crippen LogP contribution in [0.4, 0.5) is 5.69 Å². The number of hydrogen-bond acceptors (Lipinski definition) is 7. The van der Waals surface area contributed by atoms with Crippen molar-refractivity contribution in [2.24, 2.45) is 5.92 Å². The van der Waals surface area contributed by atoms with Crippen LogP contribution in [0.2, 0.25) is 0 Å². The van der Waals surface area contributed by atoms with Crippen LogP contribution in [0.25, 0.3) is 0 Å². The predicted octanol–water partition coefficient (Wildman–Crippen LogP) is 2.59. The van der Waals surface area contributed by atoms with E-state index in [2.05, 4.69) is 17.0 Å². The van der Waals surface area contributed by atoms with Gasteiger partial charge in [0.2, 0.25) is 0 Å². The molecular weight excluding hydrogens is 458 g/mol. The molecular formula is C24H33N3O6S. The average molecular weight is 492 g/mol. The van der Waals surface area contributed by atoms with Crippen molar-refractivity contribution in [2.75, 3.05) is 45.7 Å². The van der Waals surface area contributed by atoms with Crippen LogP contribution in [0.3, 0.4) is 0 Å². The Kier molecular flexibility index (Phi) is 8.40. The number of amides is 1. The summed E-state index contributed by atoms with van der Waals surface area (Å²) in [6.07, 6.45) is -0.135. The summed E-state index contributed by atoms with van der Waals surface area (Å²) in [6.45, 7) is 5.48. The lowest BCUT2D eigenvalue weighted by atomic mass is 10.0. The molecule has 0 bridgehead atoms. The zero-order valence-corrected chi connectivity index (χ0v) is 21.0. The molecule has 0 fully saturated rings. The Morgan fingerprint density at radius 2 is 1.88 bits per heavy atom. The first-order valence-electron chi connectivity index (χ1n) is 11.1. The number of fused-ring (bicyclic) bond motifs is 1. The van der Waals surface area contributed by atoms with Gasteiger partial charge >= 0.3 is 0 Å². The number of para-hydroxylation sites is 1. The van der Waals surface area contributed by atoms with Gasteiger partial charge < -0.3 is 24.4 Å². The van der Waals surface area contributed by atoms with E-state index in [1.807, 2.05) is 6.92 Å². The van der Waals surface area contributed by atoms with Gasteiger partial charge in [-0.05, 0) is 37.1 Å². The molecule has 2 N–H and O–H groups in total. The lowest BCUT2D eigenvalue weighted by Crippen LogP contribution is -2.44. The number of ether oxygens (including phenoxy) is 3. The fraction of sp³-hybridized carbons (Fsp3) is 0.458. The Bertz CT molecular complexity index is 1110. The fourth-order valence-electron chi connectivity index (χ4n) is 3.77. The van der Waals surface area contributed by atoms with Gasteiger partial charge in [-0.3, -0.25) is 9.52 Å². The van der Waals surface area contributed by atoms with E-state index < -0.39 is 10.0 Å². The summed E-state index contributed by atoms with van der Waals surface area (Å²) in [4.78, 5) is 14.8. The third-order valence-corrected chi connectivity index (χ3v) is 7.26. The number of methoxy groups -OCH3 is 2. The minimum atomic E-state index is -3.93. The van der Waals surface area contributed by atoms with Gasteiger partial charge in [-0.1, -0.05) is 19.1 Å². The Morgan fingerprint density at radius 1 is 1.15 bits per heavy atom. The van der Waals surface area contributed by atoms with Crippen molar-refractivity contribution >= 4 is 21.6 Å². The highest BCUT2D eigenvalue weighted by molar-refractivity contribution is 7.92. The Balaban J connectivity index is 1.94. The first kappa shape index (κ1) is 25.8. The highest BCUT2D eigenvalue weighted by Gasteiger charge is 2.26. The molecule has 2 aromatic rings. The highest BCUT2D eigenvalue weighted by atomic mass is 32.2. The number of sulfonamides is 1. The van der Waals surface area contributed by atoms with Crippen LogP contribution in [0.15, 0.2) is 47.4 Å². The van der Waals surface area contributed by atoms with E-state index in [-0.39, 0.29) is 40.3 Å². The van der Waals surface area contributed by atoms with Crippen LogP contribution in [0.5, 0.6) is 11.5 Å². The molecule has 0 aromatic heterocycles. The molecule has 0 spiro atoms. The molecule has 3 atom stereocenters. The number of anilines is 1. The third-order valence-electron chi connectivity index (χ3n) is 5.84. The quantitative estimate of drug-likeness (QED) is 0.662. The molecule has 1 aliphatic rings. The normalized spacial score (nSPS) is 22.1. The van der Waals surface area contributed by atoms with Crippen LogP contribution >= 0.6 is 0 Å². The van der Waals surface area contributed by atoms with E-state index in [1.54, 1.807) is 49.4 Å².